The summed E-state index contributed by atoms with van der Waals surface area (Å²) in [7, 11) is 1.69. The quantitative estimate of drug-likeness (QED) is 0.570. The second-order valence-corrected chi connectivity index (χ2v) is 3.50. The molecule has 1 unspecified atom stereocenters. The molecule has 0 radical (unpaired) electrons. The fraction of sp³-hybridized carbons (Fsp3) is 0.455. The molecule has 14 heavy (non-hydrogen) atoms. The lowest BCUT2D eigenvalue weighted by molar-refractivity contribution is 0.410. The monoisotopic (exact) mass is 194 g/mol. The van der Waals surface area contributed by atoms with E-state index in [1.807, 2.05) is 19.1 Å². The number of hydrogen-bond donors (Lipinski definition) is 2. The van der Waals surface area contributed by atoms with Crippen molar-refractivity contribution >= 4 is 0 Å². The highest BCUT2D eigenvalue weighted by Gasteiger charge is 2.10. The maximum Gasteiger partial charge on any atom is 0.122 e. The van der Waals surface area contributed by atoms with Gasteiger partial charge >= 0.3 is 0 Å². The van der Waals surface area contributed by atoms with Gasteiger partial charge in [-0.05, 0) is 43.5 Å². The van der Waals surface area contributed by atoms with E-state index < -0.39 is 0 Å². The average molecular weight is 194 g/mol. The molecule has 0 aliphatic carbocycles. The van der Waals surface area contributed by atoms with Crippen LogP contribution in [0.4, 0.5) is 0 Å². The zero-order valence-corrected chi connectivity index (χ0v) is 9.22. The Morgan fingerprint density at radius 1 is 1.29 bits per heavy atom. The molecule has 0 spiro atoms. The molecular weight excluding hydrogens is 176 g/mol. The lowest BCUT2D eigenvalue weighted by Crippen LogP contribution is -2.26. The molecule has 0 aliphatic rings. The van der Waals surface area contributed by atoms with Crippen LogP contribution in [0.5, 0.6) is 5.75 Å². The molecule has 0 saturated heterocycles. The molecule has 0 bridgehead atoms. The van der Waals surface area contributed by atoms with Crippen LogP contribution in [-0.2, 0) is 0 Å². The number of nitrogens with two attached hydrogens (primary N) is 1. The van der Waals surface area contributed by atoms with E-state index in [2.05, 4.69) is 19.3 Å². The first-order valence-corrected chi connectivity index (χ1v) is 4.72. The Hall–Kier alpha value is -1.06. The average Bonchev–Trinajstić information content (AvgIpc) is 2.21. The van der Waals surface area contributed by atoms with Crippen LogP contribution in [0.1, 0.15) is 29.7 Å². The molecule has 0 aromatic heterocycles. The van der Waals surface area contributed by atoms with Crippen LogP contribution >= 0.6 is 0 Å². The molecule has 1 aromatic rings. The Bertz CT molecular complexity index is 323. The molecular formula is C11H18N2O. The molecule has 0 amide bonds. The van der Waals surface area contributed by atoms with Crippen molar-refractivity contribution < 1.29 is 4.74 Å². The van der Waals surface area contributed by atoms with Gasteiger partial charge in [0.1, 0.15) is 5.75 Å². The molecule has 3 N–H and O–H groups in total. The van der Waals surface area contributed by atoms with Crippen molar-refractivity contribution in [1.29, 1.82) is 0 Å². The summed E-state index contributed by atoms with van der Waals surface area (Å²) in [6.45, 7) is 6.18. The molecule has 0 heterocycles. The van der Waals surface area contributed by atoms with Gasteiger partial charge in [-0.3, -0.25) is 11.3 Å². The van der Waals surface area contributed by atoms with Crippen molar-refractivity contribution in [3.05, 3.63) is 28.8 Å². The number of nitrogens with one attached hydrogen (secondary N) is 1. The van der Waals surface area contributed by atoms with Crippen molar-refractivity contribution in [2.45, 2.75) is 26.8 Å². The van der Waals surface area contributed by atoms with Crippen LogP contribution in [0.3, 0.4) is 0 Å². The summed E-state index contributed by atoms with van der Waals surface area (Å²) < 4.78 is 5.24. The smallest absolute Gasteiger partial charge is 0.122 e. The minimum atomic E-state index is 0.166. The normalized spacial score (nSPS) is 12.6. The third-order valence-corrected chi connectivity index (χ3v) is 2.72. The minimum Gasteiger partial charge on any atom is -0.496 e. The Morgan fingerprint density at radius 3 is 2.43 bits per heavy atom. The van der Waals surface area contributed by atoms with Crippen molar-refractivity contribution in [2.24, 2.45) is 5.84 Å². The summed E-state index contributed by atoms with van der Waals surface area (Å²) in [5, 5.41) is 0. The summed E-state index contributed by atoms with van der Waals surface area (Å²) in [5.74, 6) is 6.34. The predicted molar refractivity (Wildman–Crippen MR) is 58.2 cm³/mol. The van der Waals surface area contributed by atoms with Crippen molar-refractivity contribution in [1.82, 2.24) is 5.43 Å². The van der Waals surface area contributed by atoms with Gasteiger partial charge < -0.3 is 4.74 Å². The maximum atomic E-state index is 5.41. The third-order valence-electron chi connectivity index (χ3n) is 2.72. The SMILES string of the molecule is COc1ccc(C(C)NN)c(C)c1C. The van der Waals surface area contributed by atoms with Crippen molar-refractivity contribution in [3.8, 4) is 5.75 Å². The van der Waals surface area contributed by atoms with E-state index in [9.17, 15) is 0 Å². The van der Waals surface area contributed by atoms with Crippen LogP contribution in [0.25, 0.3) is 0 Å². The second kappa shape index (κ2) is 4.44. The Kier molecular flexibility index (Phi) is 3.49. The first-order valence-electron chi connectivity index (χ1n) is 4.72. The van der Waals surface area contributed by atoms with Crippen LogP contribution in [0, 0.1) is 13.8 Å². The van der Waals surface area contributed by atoms with E-state index in [1.54, 1.807) is 7.11 Å². The Morgan fingerprint density at radius 2 is 1.93 bits per heavy atom. The van der Waals surface area contributed by atoms with E-state index in [0.717, 1.165) is 5.75 Å². The van der Waals surface area contributed by atoms with Gasteiger partial charge in [-0.2, -0.15) is 0 Å². The minimum absolute atomic E-state index is 0.166. The van der Waals surface area contributed by atoms with Crippen LogP contribution in [-0.4, -0.2) is 7.11 Å². The maximum absolute atomic E-state index is 5.41. The molecule has 0 fully saturated rings. The van der Waals surface area contributed by atoms with Gasteiger partial charge in [-0.15, -0.1) is 0 Å². The van der Waals surface area contributed by atoms with E-state index in [0.29, 0.717) is 0 Å². The van der Waals surface area contributed by atoms with Crippen LogP contribution in [0.15, 0.2) is 12.1 Å². The first-order chi connectivity index (χ1) is 6.61. The van der Waals surface area contributed by atoms with Gasteiger partial charge in [-0.1, -0.05) is 6.07 Å². The molecule has 3 nitrogen and oxygen atoms in total. The lowest BCUT2D eigenvalue weighted by atomic mass is 9.98. The number of ether oxygens (including phenoxy) is 1. The number of hydrazine groups is 1. The van der Waals surface area contributed by atoms with Gasteiger partial charge in [0, 0.05) is 6.04 Å². The number of benzene rings is 1. The summed E-state index contributed by atoms with van der Waals surface area (Å²) >= 11 is 0. The van der Waals surface area contributed by atoms with Gasteiger partial charge in [0.2, 0.25) is 0 Å². The molecule has 0 aliphatic heterocycles. The van der Waals surface area contributed by atoms with Crippen LogP contribution in [0.2, 0.25) is 0 Å². The van der Waals surface area contributed by atoms with E-state index in [4.69, 9.17) is 10.6 Å². The van der Waals surface area contributed by atoms with E-state index in [-0.39, 0.29) is 6.04 Å². The zero-order chi connectivity index (χ0) is 10.7. The first kappa shape index (κ1) is 11.0. The standard InChI is InChI=1S/C11H18N2O/c1-7-8(2)11(14-4)6-5-10(7)9(3)13-12/h5-6,9,13H,12H2,1-4H3. The highest BCUT2D eigenvalue weighted by Crippen LogP contribution is 2.27. The van der Waals surface area contributed by atoms with E-state index >= 15 is 0 Å². The van der Waals surface area contributed by atoms with Crippen LogP contribution < -0.4 is 16.0 Å². The number of rotatable bonds is 3. The molecule has 1 rings (SSSR count). The highest BCUT2D eigenvalue weighted by atomic mass is 16.5. The molecule has 1 atom stereocenters. The third kappa shape index (κ3) is 1.89. The van der Waals surface area contributed by atoms with Gasteiger partial charge in [-0.25, -0.2) is 0 Å². The van der Waals surface area contributed by atoms with E-state index in [1.165, 1.54) is 16.7 Å². The molecule has 78 valence electrons. The summed E-state index contributed by atoms with van der Waals surface area (Å²) in [6.07, 6.45) is 0. The summed E-state index contributed by atoms with van der Waals surface area (Å²) in [5.41, 5.74) is 6.36. The Labute approximate surface area is 85.2 Å². The fourth-order valence-electron chi connectivity index (χ4n) is 1.60. The summed E-state index contributed by atoms with van der Waals surface area (Å²) in [6, 6.07) is 4.19. The van der Waals surface area contributed by atoms with Gasteiger partial charge in [0.15, 0.2) is 0 Å². The molecule has 3 heteroatoms. The Balaban J connectivity index is 3.17. The zero-order valence-electron chi connectivity index (χ0n) is 9.22. The lowest BCUT2D eigenvalue weighted by Gasteiger charge is -2.17. The number of methoxy groups -OCH3 is 1. The summed E-state index contributed by atoms with van der Waals surface area (Å²) in [4.78, 5) is 0. The fourth-order valence-corrected chi connectivity index (χ4v) is 1.60. The highest BCUT2D eigenvalue weighted by molar-refractivity contribution is 5.44. The topological polar surface area (TPSA) is 47.3 Å². The number of hydrogen-bond acceptors (Lipinski definition) is 3. The van der Waals surface area contributed by atoms with Crippen molar-refractivity contribution in [3.63, 3.8) is 0 Å². The molecule has 1 aromatic carbocycles. The predicted octanol–water partition coefficient (Wildman–Crippen LogP) is 1.84. The largest absolute Gasteiger partial charge is 0.496 e. The van der Waals surface area contributed by atoms with Gasteiger partial charge in [0.25, 0.3) is 0 Å². The molecule has 0 saturated carbocycles. The van der Waals surface area contributed by atoms with Gasteiger partial charge in [0.05, 0.1) is 7.11 Å². The van der Waals surface area contributed by atoms with Crippen molar-refractivity contribution in [2.75, 3.05) is 7.11 Å². The second-order valence-electron chi connectivity index (χ2n) is 3.50.